The Hall–Kier alpha value is -0.920. The zero-order valence-electron chi connectivity index (χ0n) is 10.8. The number of carbonyl (C=O) groups is 1. The van der Waals surface area contributed by atoms with Gasteiger partial charge < -0.3 is 5.11 Å². The van der Waals surface area contributed by atoms with Crippen LogP contribution in [0.3, 0.4) is 0 Å². The van der Waals surface area contributed by atoms with Gasteiger partial charge in [-0.3, -0.25) is 4.79 Å². The molecular formula is C11H17NO4S2. The van der Waals surface area contributed by atoms with E-state index in [2.05, 4.69) is 0 Å². The Kier molecular flexibility index (Phi) is 4.19. The lowest BCUT2D eigenvalue weighted by Crippen LogP contribution is -2.50. The van der Waals surface area contributed by atoms with Crippen LogP contribution in [0.2, 0.25) is 0 Å². The predicted octanol–water partition coefficient (Wildman–Crippen LogP) is 1.79. The van der Waals surface area contributed by atoms with E-state index < -0.39 is 21.5 Å². The fourth-order valence-electron chi connectivity index (χ4n) is 1.26. The van der Waals surface area contributed by atoms with E-state index in [0.717, 1.165) is 15.6 Å². The second-order valence-corrected chi connectivity index (χ2v) is 7.78. The third kappa shape index (κ3) is 2.57. The second kappa shape index (κ2) is 4.99. The van der Waals surface area contributed by atoms with Crippen molar-refractivity contribution in [2.45, 2.75) is 36.9 Å². The zero-order valence-corrected chi connectivity index (χ0v) is 12.4. The van der Waals surface area contributed by atoms with Crippen molar-refractivity contribution in [2.75, 3.05) is 7.05 Å². The minimum atomic E-state index is -3.76. The Morgan fingerprint density at radius 1 is 1.44 bits per heavy atom. The molecule has 18 heavy (non-hydrogen) atoms. The minimum Gasteiger partial charge on any atom is -0.480 e. The van der Waals surface area contributed by atoms with Gasteiger partial charge in [-0.2, -0.15) is 4.31 Å². The number of thiophene rings is 1. The number of carboxylic acids is 1. The van der Waals surface area contributed by atoms with Crippen molar-refractivity contribution >= 4 is 27.3 Å². The molecule has 0 aromatic carbocycles. The number of hydrogen-bond acceptors (Lipinski definition) is 4. The Morgan fingerprint density at radius 2 is 2.00 bits per heavy atom. The Balaban J connectivity index is 3.18. The van der Waals surface area contributed by atoms with Gasteiger partial charge in [-0.1, -0.05) is 6.92 Å². The smallest absolute Gasteiger partial charge is 0.324 e. The molecule has 1 N–H and O–H groups in total. The first-order valence-electron chi connectivity index (χ1n) is 5.45. The number of aryl methyl sites for hydroxylation is 1. The summed E-state index contributed by atoms with van der Waals surface area (Å²) < 4.78 is 25.6. The summed E-state index contributed by atoms with van der Waals surface area (Å²) >= 11 is 1.17. The van der Waals surface area contributed by atoms with E-state index in [4.69, 9.17) is 5.11 Å². The van der Waals surface area contributed by atoms with Crippen molar-refractivity contribution in [3.05, 3.63) is 17.0 Å². The Labute approximate surface area is 111 Å². The van der Waals surface area contributed by atoms with Crippen molar-refractivity contribution < 1.29 is 18.3 Å². The van der Waals surface area contributed by atoms with E-state index in [0.29, 0.717) is 0 Å². The van der Waals surface area contributed by atoms with E-state index >= 15 is 0 Å². The van der Waals surface area contributed by atoms with E-state index in [1.54, 1.807) is 6.07 Å². The molecular weight excluding hydrogens is 274 g/mol. The molecule has 0 saturated heterocycles. The molecule has 0 spiro atoms. The molecule has 0 aliphatic heterocycles. The number of likely N-dealkylation sites (N-methyl/N-ethyl adjacent to an activating group) is 1. The van der Waals surface area contributed by atoms with Gasteiger partial charge in [0, 0.05) is 11.9 Å². The average Bonchev–Trinajstić information content (AvgIpc) is 2.76. The van der Waals surface area contributed by atoms with Crippen molar-refractivity contribution in [3.8, 4) is 0 Å². The molecule has 1 rings (SSSR count). The van der Waals surface area contributed by atoms with Gasteiger partial charge in [0.1, 0.15) is 9.75 Å². The lowest BCUT2D eigenvalue weighted by Gasteiger charge is -2.29. The molecule has 1 aromatic heterocycles. The normalized spacial score (nSPS) is 12.9. The summed E-state index contributed by atoms with van der Waals surface area (Å²) in [6.07, 6.45) is 0.756. The molecule has 0 atom stereocenters. The third-order valence-corrected chi connectivity index (χ3v) is 6.64. The van der Waals surface area contributed by atoms with Crippen LogP contribution >= 0.6 is 11.3 Å². The van der Waals surface area contributed by atoms with Crippen LogP contribution < -0.4 is 0 Å². The Bertz CT molecular complexity index is 545. The largest absolute Gasteiger partial charge is 0.480 e. The molecule has 0 aliphatic carbocycles. The summed E-state index contributed by atoms with van der Waals surface area (Å²) in [5, 5.41) is 9.07. The SMILES string of the molecule is CCc1ccc(S(=O)(=O)N(C)C(C)(C)C(=O)O)s1. The molecule has 0 saturated carbocycles. The number of carboxylic acid groups (broad SMARTS) is 1. The van der Waals surface area contributed by atoms with Crippen LogP contribution in [0.1, 0.15) is 25.6 Å². The summed E-state index contributed by atoms with van der Waals surface area (Å²) in [6, 6.07) is 3.27. The van der Waals surface area contributed by atoms with Gasteiger partial charge in [0.15, 0.2) is 0 Å². The molecule has 1 aromatic rings. The second-order valence-electron chi connectivity index (χ2n) is 4.41. The molecule has 0 aliphatic rings. The molecule has 7 heteroatoms. The van der Waals surface area contributed by atoms with Crippen LogP contribution in [0.25, 0.3) is 0 Å². The van der Waals surface area contributed by atoms with Crippen molar-refractivity contribution in [3.63, 3.8) is 0 Å². The Morgan fingerprint density at radius 3 is 2.39 bits per heavy atom. The lowest BCUT2D eigenvalue weighted by molar-refractivity contribution is -0.145. The van der Waals surface area contributed by atoms with Gasteiger partial charge in [0.05, 0.1) is 0 Å². The standard InChI is InChI=1S/C11H17NO4S2/c1-5-8-6-7-9(17-8)18(15,16)12(4)11(2,3)10(13)14/h6-7H,5H2,1-4H3,(H,13,14). The van der Waals surface area contributed by atoms with Gasteiger partial charge in [-0.15, -0.1) is 11.3 Å². The van der Waals surface area contributed by atoms with Crippen LogP contribution in [-0.4, -0.2) is 36.4 Å². The highest BCUT2D eigenvalue weighted by Gasteiger charge is 2.40. The van der Waals surface area contributed by atoms with Crippen molar-refractivity contribution in [1.29, 1.82) is 0 Å². The van der Waals surface area contributed by atoms with Gasteiger partial charge >= 0.3 is 5.97 Å². The van der Waals surface area contributed by atoms with Crippen LogP contribution in [0.4, 0.5) is 0 Å². The number of hydrogen-bond donors (Lipinski definition) is 1. The number of rotatable bonds is 5. The fourth-order valence-corrected chi connectivity index (χ4v) is 4.20. The fraction of sp³-hybridized carbons (Fsp3) is 0.545. The topological polar surface area (TPSA) is 74.7 Å². The number of sulfonamides is 1. The summed E-state index contributed by atoms with van der Waals surface area (Å²) in [7, 11) is -2.47. The molecule has 102 valence electrons. The highest BCUT2D eigenvalue weighted by Crippen LogP contribution is 2.28. The molecule has 0 fully saturated rings. The number of aliphatic carboxylic acids is 1. The molecule has 5 nitrogen and oxygen atoms in total. The minimum absolute atomic E-state index is 0.177. The first kappa shape index (κ1) is 15.1. The predicted molar refractivity (Wildman–Crippen MR) is 70.4 cm³/mol. The summed E-state index contributed by atoms with van der Waals surface area (Å²) in [4.78, 5) is 12.1. The monoisotopic (exact) mass is 291 g/mol. The van der Waals surface area contributed by atoms with Crippen LogP contribution in [0.5, 0.6) is 0 Å². The third-order valence-electron chi connectivity index (χ3n) is 2.91. The van der Waals surface area contributed by atoms with Gasteiger partial charge in [0.25, 0.3) is 10.0 Å². The van der Waals surface area contributed by atoms with Crippen LogP contribution in [0, 0.1) is 0 Å². The van der Waals surface area contributed by atoms with Crippen LogP contribution in [-0.2, 0) is 21.2 Å². The maximum atomic E-state index is 12.3. The number of nitrogens with zero attached hydrogens (tertiary/aromatic N) is 1. The first-order valence-corrected chi connectivity index (χ1v) is 7.70. The van der Waals surface area contributed by atoms with Crippen LogP contribution in [0.15, 0.2) is 16.3 Å². The summed E-state index contributed by atoms with van der Waals surface area (Å²) in [6.45, 7) is 4.66. The summed E-state index contributed by atoms with van der Waals surface area (Å²) in [5.74, 6) is -1.18. The molecule has 1 heterocycles. The van der Waals surface area contributed by atoms with Gasteiger partial charge in [-0.25, -0.2) is 8.42 Å². The molecule has 0 amide bonds. The lowest BCUT2D eigenvalue weighted by atomic mass is 10.1. The van der Waals surface area contributed by atoms with E-state index in [1.807, 2.05) is 6.92 Å². The molecule has 0 bridgehead atoms. The molecule has 0 unspecified atom stereocenters. The first-order chi connectivity index (χ1) is 8.14. The van der Waals surface area contributed by atoms with Crippen molar-refractivity contribution in [1.82, 2.24) is 4.31 Å². The van der Waals surface area contributed by atoms with Crippen molar-refractivity contribution in [2.24, 2.45) is 0 Å². The maximum absolute atomic E-state index is 12.3. The van der Waals surface area contributed by atoms with E-state index in [-0.39, 0.29) is 4.21 Å². The van der Waals surface area contributed by atoms with E-state index in [9.17, 15) is 13.2 Å². The van der Waals surface area contributed by atoms with E-state index in [1.165, 1.54) is 38.3 Å². The quantitative estimate of drug-likeness (QED) is 0.897. The zero-order chi connectivity index (χ0) is 14.1. The molecule has 0 radical (unpaired) electrons. The average molecular weight is 291 g/mol. The maximum Gasteiger partial charge on any atom is 0.324 e. The van der Waals surface area contributed by atoms with Gasteiger partial charge in [0.2, 0.25) is 0 Å². The summed E-state index contributed by atoms with van der Waals surface area (Å²) in [5.41, 5.74) is -1.48. The highest BCUT2D eigenvalue weighted by molar-refractivity contribution is 7.91. The van der Waals surface area contributed by atoms with Gasteiger partial charge in [-0.05, 0) is 32.4 Å². The highest BCUT2D eigenvalue weighted by atomic mass is 32.2.